The molecule has 1 heterocycles. The second-order valence-corrected chi connectivity index (χ2v) is 12.5. The number of carbonyl (C=O) groups excluding carboxylic acids is 7. The van der Waals surface area contributed by atoms with Crippen molar-refractivity contribution in [1.82, 2.24) is 41.4 Å². The fourth-order valence-electron chi connectivity index (χ4n) is 4.76. The van der Waals surface area contributed by atoms with Gasteiger partial charge >= 0.3 is 0 Å². The van der Waals surface area contributed by atoms with Gasteiger partial charge in [0.1, 0.15) is 0 Å². The van der Waals surface area contributed by atoms with Gasteiger partial charge in [0.05, 0.1) is 0 Å². The van der Waals surface area contributed by atoms with Crippen molar-refractivity contribution < 1.29 is 66.3 Å². The van der Waals surface area contributed by atoms with Crippen LogP contribution in [0.15, 0.2) is 24.5 Å². The van der Waals surface area contributed by atoms with E-state index in [1.54, 1.807) is 24.5 Å². The van der Waals surface area contributed by atoms with Gasteiger partial charge in [0.25, 0.3) is 0 Å². The molecule has 0 aliphatic heterocycles. The Hall–Kier alpha value is -4.16. The van der Waals surface area contributed by atoms with E-state index >= 15 is 0 Å². The fourth-order valence-corrected chi connectivity index (χ4v) is 4.76. The summed E-state index contributed by atoms with van der Waals surface area (Å²) in [6.45, 7) is 3.20. The predicted octanol–water partition coefficient (Wildman–Crippen LogP) is 1.57. The van der Waals surface area contributed by atoms with Crippen LogP contribution < -0.4 is 21.3 Å². The van der Waals surface area contributed by atoms with Gasteiger partial charge in [-0.1, -0.05) is 0 Å². The molecule has 0 aromatic carbocycles. The molecule has 54 heavy (non-hydrogen) atoms. The van der Waals surface area contributed by atoms with Crippen molar-refractivity contribution in [3.8, 4) is 0 Å². The van der Waals surface area contributed by atoms with Crippen LogP contribution in [-0.4, -0.2) is 116 Å². The number of aromatic nitrogens is 1. The largest absolute Gasteiger partial charge is 0.356 e. The average Bonchev–Trinajstić information content (AvgIpc) is 3.15. The normalized spacial score (nSPS) is 10.4. The van der Waals surface area contributed by atoms with E-state index in [0.717, 1.165) is 5.56 Å². The minimum absolute atomic E-state index is 0. The smallest absolute Gasteiger partial charge is 0.246 e. The van der Waals surface area contributed by atoms with Crippen molar-refractivity contribution in [2.45, 2.75) is 110 Å². The van der Waals surface area contributed by atoms with Crippen molar-refractivity contribution in [2.75, 3.05) is 39.3 Å². The molecule has 0 radical (unpaired) electrons. The SMILES string of the molecule is CC(=O)N(O)CCCCCNC(=O)CCC(=O)N(O)CCCCCNC(=O)CCC(=O)N(O)CCCCCNC(=O)CCC(=O)NCc1ccncc1.[Fe]. The Bertz CT molecular complexity index is 1280. The first-order valence-corrected chi connectivity index (χ1v) is 18.3. The number of unbranched alkanes of at least 4 members (excludes halogenated alkanes) is 6. The monoisotopic (exact) mass is 806 g/mol. The van der Waals surface area contributed by atoms with E-state index in [2.05, 4.69) is 26.3 Å². The number of hydroxylamine groups is 6. The van der Waals surface area contributed by atoms with E-state index in [1.165, 1.54) is 6.92 Å². The molecule has 0 aliphatic carbocycles. The Morgan fingerprint density at radius 2 is 0.870 bits per heavy atom. The van der Waals surface area contributed by atoms with Gasteiger partial charge in [0.15, 0.2) is 0 Å². The van der Waals surface area contributed by atoms with Crippen LogP contribution in [0, 0.1) is 0 Å². The maximum absolute atomic E-state index is 12.2. The van der Waals surface area contributed by atoms with Gasteiger partial charge in [0, 0.05) is 121 Å². The third-order valence-electron chi connectivity index (χ3n) is 8.00. The van der Waals surface area contributed by atoms with Gasteiger partial charge in [-0.2, -0.15) is 0 Å². The summed E-state index contributed by atoms with van der Waals surface area (Å²) in [5.41, 5.74) is 0.917. The fraction of sp³-hybridized carbons (Fsp3) is 0.657. The van der Waals surface area contributed by atoms with Gasteiger partial charge in [-0.15, -0.1) is 0 Å². The molecule has 0 aliphatic rings. The van der Waals surface area contributed by atoms with Crippen LogP contribution in [0.25, 0.3) is 0 Å². The molecule has 0 bridgehead atoms. The first-order valence-electron chi connectivity index (χ1n) is 18.3. The summed E-state index contributed by atoms with van der Waals surface area (Å²) in [7, 11) is 0. The molecule has 1 aromatic rings. The minimum Gasteiger partial charge on any atom is -0.356 e. The molecule has 0 saturated heterocycles. The molecular weight excluding hydrogens is 748 g/mol. The zero-order valence-electron chi connectivity index (χ0n) is 31.2. The van der Waals surface area contributed by atoms with Crippen molar-refractivity contribution in [3.63, 3.8) is 0 Å². The zero-order valence-corrected chi connectivity index (χ0v) is 32.3. The number of carbonyl (C=O) groups is 7. The van der Waals surface area contributed by atoms with E-state index in [9.17, 15) is 49.2 Å². The third kappa shape index (κ3) is 26.6. The summed E-state index contributed by atoms with van der Waals surface area (Å²) in [6.07, 6.45) is 8.42. The summed E-state index contributed by atoms with van der Waals surface area (Å²) in [5, 5.41) is 41.9. The minimum atomic E-state index is -0.571. The van der Waals surface area contributed by atoms with E-state index in [0.29, 0.717) is 99.2 Å². The molecule has 0 atom stereocenters. The van der Waals surface area contributed by atoms with Crippen LogP contribution in [0.1, 0.15) is 109 Å². The van der Waals surface area contributed by atoms with Crippen molar-refractivity contribution in [2.24, 2.45) is 0 Å². The maximum Gasteiger partial charge on any atom is 0.246 e. The Kier molecular flexibility index (Phi) is 28.8. The second kappa shape index (κ2) is 31.2. The molecule has 18 nitrogen and oxygen atoms in total. The van der Waals surface area contributed by atoms with Gasteiger partial charge in [-0.3, -0.25) is 54.2 Å². The van der Waals surface area contributed by atoms with E-state index in [-0.39, 0.29) is 98.9 Å². The number of hydrogen-bond acceptors (Lipinski definition) is 11. The summed E-state index contributed by atoms with van der Waals surface area (Å²) in [5.74, 6) is -2.67. The molecule has 0 spiro atoms. The standard InChI is InChI=1S/C35H58N8O10.Fe/c1-28(44)41(51)24-8-2-5-20-38-31(46)13-15-34(49)43(53)26-10-4-7-21-39-32(47)14-16-35(50)42(52)25-9-3-6-19-37-30(45)11-12-33(48)40-27-29-17-22-36-23-18-29;/h17-18,22-23,51-53H,2-16,19-21,24-27H2,1H3,(H,37,45)(H,38,46)(H,39,47)(H,40,48);. The van der Waals surface area contributed by atoms with Crippen LogP contribution >= 0.6 is 0 Å². The molecule has 7 N–H and O–H groups in total. The Morgan fingerprint density at radius 3 is 1.26 bits per heavy atom. The number of amides is 7. The molecule has 1 aromatic heterocycles. The first kappa shape index (κ1) is 49.8. The molecule has 306 valence electrons. The Balaban J connectivity index is 0.0000281. The quantitative estimate of drug-likeness (QED) is 0.0265. The summed E-state index contributed by atoms with van der Waals surface area (Å²) in [4.78, 5) is 87.0. The predicted molar refractivity (Wildman–Crippen MR) is 191 cm³/mol. The maximum atomic E-state index is 12.2. The first-order chi connectivity index (χ1) is 25.4. The van der Waals surface area contributed by atoms with E-state index < -0.39 is 17.7 Å². The van der Waals surface area contributed by atoms with Crippen LogP contribution in [0.4, 0.5) is 0 Å². The third-order valence-corrected chi connectivity index (χ3v) is 8.00. The molecule has 0 fully saturated rings. The van der Waals surface area contributed by atoms with Gasteiger partial charge in [0.2, 0.25) is 41.4 Å². The average molecular weight is 807 g/mol. The van der Waals surface area contributed by atoms with E-state index in [1.807, 2.05) is 0 Å². The number of nitrogens with one attached hydrogen (secondary N) is 4. The van der Waals surface area contributed by atoms with Gasteiger partial charge in [-0.25, -0.2) is 15.2 Å². The number of hydrogen-bond donors (Lipinski definition) is 7. The number of nitrogens with zero attached hydrogens (tertiary/aromatic N) is 4. The molecule has 0 unspecified atom stereocenters. The molecule has 19 heteroatoms. The summed E-state index contributed by atoms with van der Waals surface area (Å²) < 4.78 is 0. The zero-order chi connectivity index (χ0) is 39.3. The summed E-state index contributed by atoms with van der Waals surface area (Å²) in [6, 6.07) is 3.59. The van der Waals surface area contributed by atoms with Crippen molar-refractivity contribution in [3.05, 3.63) is 30.1 Å². The van der Waals surface area contributed by atoms with Crippen LogP contribution in [0.5, 0.6) is 0 Å². The van der Waals surface area contributed by atoms with Crippen molar-refractivity contribution in [1.29, 1.82) is 0 Å². The van der Waals surface area contributed by atoms with Gasteiger partial charge < -0.3 is 21.3 Å². The molecule has 1 rings (SSSR count). The van der Waals surface area contributed by atoms with Crippen molar-refractivity contribution >= 4 is 41.4 Å². The Labute approximate surface area is 327 Å². The summed E-state index contributed by atoms with van der Waals surface area (Å²) >= 11 is 0. The van der Waals surface area contributed by atoms with Crippen LogP contribution in [0.3, 0.4) is 0 Å². The number of rotatable bonds is 29. The van der Waals surface area contributed by atoms with Crippen LogP contribution in [0.2, 0.25) is 0 Å². The molecular formula is C35H58FeN8O10. The van der Waals surface area contributed by atoms with E-state index in [4.69, 9.17) is 0 Å². The van der Waals surface area contributed by atoms with Gasteiger partial charge in [-0.05, 0) is 75.5 Å². The molecule has 0 saturated carbocycles. The molecule has 7 amide bonds. The number of pyridine rings is 1. The second-order valence-electron chi connectivity index (χ2n) is 12.5. The van der Waals surface area contributed by atoms with Crippen LogP contribution in [-0.2, 0) is 57.2 Å². The topological polar surface area (TPSA) is 251 Å². The Morgan fingerprint density at radius 1 is 0.519 bits per heavy atom.